The Morgan fingerprint density at radius 2 is 2.06 bits per heavy atom. The number of hydrogen-bond donors (Lipinski definition) is 2. The lowest BCUT2D eigenvalue weighted by Crippen LogP contribution is -2.36. The van der Waals surface area contributed by atoms with E-state index in [1.165, 1.54) is 12.8 Å². The van der Waals surface area contributed by atoms with Crippen LogP contribution >= 0.6 is 15.9 Å². The molecule has 2 atom stereocenters. The number of aliphatic hydroxyl groups is 1. The number of nitrogens with one attached hydrogen (secondary N) is 1. The summed E-state index contributed by atoms with van der Waals surface area (Å²) in [6, 6.07) is 8.32. The first-order valence-electron chi connectivity index (χ1n) is 6.52. The second-order valence-corrected chi connectivity index (χ2v) is 5.65. The highest BCUT2D eigenvalue weighted by molar-refractivity contribution is 9.10. The van der Waals surface area contributed by atoms with Crippen molar-refractivity contribution in [2.24, 2.45) is 5.92 Å². The summed E-state index contributed by atoms with van der Waals surface area (Å²) in [6.07, 6.45) is 3.53. The number of benzene rings is 1. The third-order valence-corrected chi connectivity index (χ3v) is 4.01. The maximum atomic E-state index is 9.22. The molecule has 4 heteroatoms. The summed E-state index contributed by atoms with van der Waals surface area (Å²) in [4.78, 5) is 0. The molecule has 1 fully saturated rings. The van der Waals surface area contributed by atoms with Crippen molar-refractivity contribution in [2.75, 3.05) is 19.8 Å². The number of halogens is 1. The summed E-state index contributed by atoms with van der Waals surface area (Å²) in [5.74, 6) is 1.32. The van der Waals surface area contributed by atoms with Crippen LogP contribution in [0.3, 0.4) is 0 Å². The van der Waals surface area contributed by atoms with Gasteiger partial charge in [-0.2, -0.15) is 0 Å². The summed E-state index contributed by atoms with van der Waals surface area (Å²) in [5.41, 5.74) is 0. The lowest BCUT2D eigenvalue weighted by molar-refractivity contribution is 0.201. The van der Waals surface area contributed by atoms with Crippen molar-refractivity contribution in [3.63, 3.8) is 0 Å². The minimum absolute atomic E-state index is 0.297. The molecule has 0 saturated heterocycles. The maximum absolute atomic E-state index is 9.22. The average molecular weight is 314 g/mol. The molecule has 3 nitrogen and oxygen atoms in total. The molecule has 2 unspecified atom stereocenters. The number of ether oxygens (including phenoxy) is 1. The molecule has 18 heavy (non-hydrogen) atoms. The van der Waals surface area contributed by atoms with Gasteiger partial charge in [0.1, 0.15) is 12.4 Å². The molecule has 1 aliphatic rings. The Hall–Kier alpha value is -0.580. The van der Waals surface area contributed by atoms with E-state index in [9.17, 15) is 5.11 Å². The first kappa shape index (κ1) is 13.8. The molecule has 0 bridgehead atoms. The summed E-state index contributed by atoms with van der Waals surface area (Å²) < 4.78 is 6.70. The van der Waals surface area contributed by atoms with Crippen LogP contribution < -0.4 is 10.1 Å². The van der Waals surface area contributed by atoms with Gasteiger partial charge in [0.25, 0.3) is 0 Å². The fraction of sp³-hybridized carbons (Fsp3) is 0.571. The van der Waals surface area contributed by atoms with Gasteiger partial charge in [-0.3, -0.25) is 0 Å². The number of aliphatic hydroxyl groups excluding tert-OH is 1. The van der Waals surface area contributed by atoms with Gasteiger partial charge in [-0.1, -0.05) is 22.4 Å². The summed E-state index contributed by atoms with van der Waals surface area (Å²) >= 11 is 3.39. The van der Waals surface area contributed by atoms with Gasteiger partial charge >= 0.3 is 0 Å². The molecule has 0 aromatic heterocycles. The van der Waals surface area contributed by atoms with E-state index in [2.05, 4.69) is 21.2 Å². The van der Waals surface area contributed by atoms with Crippen molar-refractivity contribution in [3.05, 3.63) is 28.7 Å². The van der Waals surface area contributed by atoms with Gasteiger partial charge in [-0.05, 0) is 43.0 Å². The number of rotatable bonds is 6. The van der Waals surface area contributed by atoms with Crippen LogP contribution in [0.5, 0.6) is 5.75 Å². The van der Waals surface area contributed by atoms with E-state index >= 15 is 0 Å². The molecule has 0 spiro atoms. The fourth-order valence-corrected chi connectivity index (χ4v) is 2.73. The first-order chi connectivity index (χ1) is 8.79. The van der Waals surface area contributed by atoms with E-state index in [0.717, 1.165) is 23.2 Å². The SMILES string of the molecule is OCC1CCCC1NCCOc1ccc(Br)cc1. The van der Waals surface area contributed by atoms with Crippen LogP contribution in [-0.2, 0) is 0 Å². The van der Waals surface area contributed by atoms with Crippen LogP contribution in [0, 0.1) is 5.92 Å². The minimum Gasteiger partial charge on any atom is -0.492 e. The molecule has 1 aromatic carbocycles. The molecular formula is C14H20BrNO2. The Morgan fingerprint density at radius 1 is 1.28 bits per heavy atom. The van der Waals surface area contributed by atoms with E-state index < -0.39 is 0 Å². The smallest absolute Gasteiger partial charge is 0.119 e. The molecule has 1 aromatic rings. The fourth-order valence-electron chi connectivity index (χ4n) is 2.47. The highest BCUT2D eigenvalue weighted by Crippen LogP contribution is 2.24. The van der Waals surface area contributed by atoms with Gasteiger partial charge in [0.2, 0.25) is 0 Å². The molecule has 1 aliphatic carbocycles. The highest BCUT2D eigenvalue weighted by atomic mass is 79.9. The lowest BCUT2D eigenvalue weighted by atomic mass is 10.1. The largest absolute Gasteiger partial charge is 0.492 e. The van der Waals surface area contributed by atoms with E-state index in [1.54, 1.807) is 0 Å². The van der Waals surface area contributed by atoms with Crippen molar-refractivity contribution < 1.29 is 9.84 Å². The van der Waals surface area contributed by atoms with Crippen LogP contribution in [0.25, 0.3) is 0 Å². The van der Waals surface area contributed by atoms with Crippen molar-refractivity contribution in [3.8, 4) is 5.75 Å². The Balaban J connectivity index is 1.65. The van der Waals surface area contributed by atoms with E-state index in [1.807, 2.05) is 24.3 Å². The zero-order valence-corrected chi connectivity index (χ0v) is 12.0. The Bertz CT molecular complexity index is 355. The quantitative estimate of drug-likeness (QED) is 0.793. The van der Waals surface area contributed by atoms with E-state index in [-0.39, 0.29) is 0 Å². The maximum Gasteiger partial charge on any atom is 0.119 e. The highest BCUT2D eigenvalue weighted by Gasteiger charge is 2.25. The molecule has 2 rings (SSSR count). The average Bonchev–Trinajstić information content (AvgIpc) is 2.84. The molecular weight excluding hydrogens is 294 g/mol. The van der Waals surface area contributed by atoms with Crippen molar-refractivity contribution in [2.45, 2.75) is 25.3 Å². The molecule has 1 saturated carbocycles. The van der Waals surface area contributed by atoms with Gasteiger partial charge in [0.15, 0.2) is 0 Å². The van der Waals surface area contributed by atoms with Crippen LogP contribution in [0.15, 0.2) is 28.7 Å². The van der Waals surface area contributed by atoms with Gasteiger partial charge in [0, 0.05) is 23.7 Å². The van der Waals surface area contributed by atoms with Crippen molar-refractivity contribution in [1.29, 1.82) is 0 Å². The predicted octanol–water partition coefficient (Wildman–Crippen LogP) is 2.58. The topological polar surface area (TPSA) is 41.5 Å². The van der Waals surface area contributed by atoms with Crippen molar-refractivity contribution in [1.82, 2.24) is 5.32 Å². The van der Waals surface area contributed by atoms with E-state index in [0.29, 0.717) is 25.2 Å². The summed E-state index contributed by atoms with van der Waals surface area (Å²) in [7, 11) is 0. The Kier molecular flexibility index (Phi) is 5.47. The lowest BCUT2D eigenvalue weighted by Gasteiger charge is -2.19. The van der Waals surface area contributed by atoms with Crippen LogP contribution in [0.4, 0.5) is 0 Å². The molecule has 0 amide bonds. The Morgan fingerprint density at radius 3 is 2.78 bits per heavy atom. The minimum atomic E-state index is 0.297. The third-order valence-electron chi connectivity index (χ3n) is 3.48. The standard InChI is InChI=1S/C14H20BrNO2/c15-12-4-6-13(7-5-12)18-9-8-16-14-3-1-2-11(14)10-17/h4-7,11,14,16-17H,1-3,8-10H2. The molecule has 0 aliphatic heterocycles. The van der Waals surface area contributed by atoms with E-state index in [4.69, 9.17) is 4.74 Å². The zero-order chi connectivity index (χ0) is 12.8. The third kappa shape index (κ3) is 3.97. The van der Waals surface area contributed by atoms with Crippen LogP contribution in [-0.4, -0.2) is 30.9 Å². The number of hydrogen-bond acceptors (Lipinski definition) is 3. The van der Waals surface area contributed by atoms with Gasteiger partial charge in [-0.25, -0.2) is 0 Å². The molecule has 2 N–H and O–H groups in total. The molecule has 100 valence electrons. The van der Waals surface area contributed by atoms with Crippen molar-refractivity contribution >= 4 is 15.9 Å². The second-order valence-electron chi connectivity index (χ2n) is 4.74. The predicted molar refractivity (Wildman–Crippen MR) is 75.9 cm³/mol. The summed E-state index contributed by atoms with van der Waals surface area (Å²) in [5, 5.41) is 12.7. The molecule has 0 radical (unpaired) electrons. The zero-order valence-electron chi connectivity index (χ0n) is 10.4. The second kappa shape index (κ2) is 7.12. The molecule has 0 heterocycles. The van der Waals surface area contributed by atoms with Gasteiger partial charge in [-0.15, -0.1) is 0 Å². The Labute approximate surface area is 117 Å². The first-order valence-corrected chi connectivity index (χ1v) is 7.31. The monoisotopic (exact) mass is 313 g/mol. The summed E-state index contributed by atoms with van der Waals surface area (Å²) in [6.45, 7) is 1.79. The van der Waals surface area contributed by atoms with Gasteiger partial charge in [0.05, 0.1) is 0 Å². The van der Waals surface area contributed by atoms with Crippen LogP contribution in [0.2, 0.25) is 0 Å². The van der Waals surface area contributed by atoms with Gasteiger partial charge < -0.3 is 15.2 Å². The van der Waals surface area contributed by atoms with Crippen LogP contribution in [0.1, 0.15) is 19.3 Å². The normalized spacial score (nSPS) is 23.2.